The number of hydrogen-bond donors (Lipinski definition) is 2. The molecule has 1 saturated heterocycles. The van der Waals surface area contributed by atoms with Gasteiger partial charge in [0.25, 0.3) is 0 Å². The monoisotopic (exact) mass is 360 g/mol. The molecule has 7 heteroatoms. The third kappa shape index (κ3) is 10.1. The third-order valence-electron chi connectivity index (χ3n) is 4.60. The van der Waals surface area contributed by atoms with Crippen LogP contribution in [0.5, 0.6) is 0 Å². The quantitative estimate of drug-likeness (QED) is 0.370. The molecule has 0 saturated carbocycles. The van der Waals surface area contributed by atoms with E-state index in [1.54, 1.807) is 7.05 Å². The summed E-state index contributed by atoms with van der Waals surface area (Å²) in [4.78, 5) is 6.77. The number of hydrogen-bond acceptors (Lipinski definition) is 4. The van der Waals surface area contributed by atoms with Crippen molar-refractivity contribution in [2.24, 2.45) is 10.9 Å². The van der Waals surface area contributed by atoms with Crippen molar-refractivity contribution in [2.75, 3.05) is 45.2 Å². The van der Waals surface area contributed by atoms with Crippen LogP contribution in [0, 0.1) is 5.92 Å². The van der Waals surface area contributed by atoms with Gasteiger partial charge in [0.1, 0.15) is 9.84 Å². The van der Waals surface area contributed by atoms with Gasteiger partial charge >= 0.3 is 0 Å². The molecule has 0 bridgehead atoms. The van der Waals surface area contributed by atoms with Crippen molar-refractivity contribution < 1.29 is 8.42 Å². The van der Waals surface area contributed by atoms with Crippen LogP contribution in [-0.4, -0.2) is 70.6 Å². The number of rotatable bonds is 9. The molecular weight excluding hydrogens is 324 g/mol. The highest BCUT2D eigenvalue weighted by Gasteiger charge is 2.14. The summed E-state index contributed by atoms with van der Waals surface area (Å²) in [6.45, 7) is 8.89. The number of unbranched alkanes of at least 4 members (excludes halogenated alkanes) is 1. The molecule has 6 nitrogen and oxygen atoms in total. The summed E-state index contributed by atoms with van der Waals surface area (Å²) in [7, 11) is -1.16. The molecular formula is C17H36N4O2S. The van der Waals surface area contributed by atoms with E-state index in [0.717, 1.165) is 24.8 Å². The number of sulfone groups is 1. The molecule has 1 heterocycles. The van der Waals surface area contributed by atoms with E-state index in [2.05, 4.69) is 27.4 Å². The van der Waals surface area contributed by atoms with Crippen molar-refractivity contribution in [3.8, 4) is 0 Å². The Kier molecular flexibility index (Phi) is 9.66. The van der Waals surface area contributed by atoms with Gasteiger partial charge in [-0.1, -0.05) is 6.92 Å². The standard InChI is InChI=1S/C17H36N4O2S/c1-15-7-12-21(13-8-15)11-6-5-10-19-17(18-3)20-16(2)9-14-24(4,22)23/h15-16H,5-14H2,1-4H3,(H2,18,19,20). The van der Waals surface area contributed by atoms with Crippen LogP contribution < -0.4 is 10.6 Å². The maximum absolute atomic E-state index is 11.2. The normalized spacial score (nSPS) is 19.2. The van der Waals surface area contributed by atoms with Gasteiger partial charge in [0.2, 0.25) is 0 Å². The third-order valence-corrected chi connectivity index (χ3v) is 5.58. The van der Waals surface area contributed by atoms with Gasteiger partial charge in [-0.15, -0.1) is 0 Å². The van der Waals surface area contributed by atoms with Gasteiger partial charge in [0.05, 0.1) is 5.75 Å². The number of likely N-dealkylation sites (tertiary alicyclic amines) is 1. The highest BCUT2D eigenvalue weighted by atomic mass is 32.2. The van der Waals surface area contributed by atoms with Crippen LogP contribution in [-0.2, 0) is 9.84 Å². The summed E-state index contributed by atoms with van der Waals surface area (Å²) < 4.78 is 22.4. The Balaban J connectivity index is 2.11. The molecule has 1 aliphatic heterocycles. The topological polar surface area (TPSA) is 73.8 Å². The maximum atomic E-state index is 11.2. The molecule has 1 fully saturated rings. The minimum Gasteiger partial charge on any atom is -0.356 e. The smallest absolute Gasteiger partial charge is 0.191 e. The fourth-order valence-corrected chi connectivity index (χ4v) is 3.63. The first-order chi connectivity index (χ1) is 11.3. The van der Waals surface area contributed by atoms with Crippen LogP contribution in [0.15, 0.2) is 4.99 Å². The van der Waals surface area contributed by atoms with E-state index in [1.165, 1.54) is 45.2 Å². The Labute approximate surface area is 148 Å². The van der Waals surface area contributed by atoms with Gasteiger partial charge in [-0.25, -0.2) is 8.42 Å². The Bertz CT molecular complexity index is 471. The molecule has 24 heavy (non-hydrogen) atoms. The Morgan fingerprint density at radius 2 is 1.96 bits per heavy atom. The van der Waals surface area contributed by atoms with Crippen LogP contribution in [0.4, 0.5) is 0 Å². The van der Waals surface area contributed by atoms with E-state index in [0.29, 0.717) is 6.42 Å². The number of nitrogens with one attached hydrogen (secondary N) is 2. The molecule has 1 unspecified atom stereocenters. The minimum absolute atomic E-state index is 0.0845. The molecule has 0 spiro atoms. The lowest BCUT2D eigenvalue weighted by Crippen LogP contribution is -2.43. The van der Waals surface area contributed by atoms with Gasteiger partial charge in [-0.2, -0.15) is 0 Å². The first kappa shape index (κ1) is 21.2. The van der Waals surface area contributed by atoms with E-state index in [9.17, 15) is 8.42 Å². The van der Waals surface area contributed by atoms with Crippen molar-refractivity contribution in [3.63, 3.8) is 0 Å². The lowest BCUT2D eigenvalue weighted by atomic mass is 9.99. The fourth-order valence-electron chi connectivity index (χ4n) is 2.84. The molecule has 0 radical (unpaired) electrons. The summed E-state index contributed by atoms with van der Waals surface area (Å²) in [5.74, 6) is 1.84. The average molecular weight is 361 g/mol. The van der Waals surface area contributed by atoms with E-state index >= 15 is 0 Å². The summed E-state index contributed by atoms with van der Waals surface area (Å²) in [6.07, 6.45) is 6.84. The fraction of sp³-hybridized carbons (Fsp3) is 0.941. The summed E-state index contributed by atoms with van der Waals surface area (Å²) in [5, 5.41) is 6.56. The largest absolute Gasteiger partial charge is 0.356 e. The van der Waals surface area contributed by atoms with E-state index in [4.69, 9.17) is 0 Å². The first-order valence-corrected chi connectivity index (χ1v) is 11.2. The summed E-state index contributed by atoms with van der Waals surface area (Å²) in [5.41, 5.74) is 0. The highest BCUT2D eigenvalue weighted by Crippen LogP contribution is 2.15. The molecule has 2 N–H and O–H groups in total. The molecule has 1 aliphatic rings. The second kappa shape index (κ2) is 10.9. The van der Waals surface area contributed by atoms with E-state index in [1.807, 2.05) is 6.92 Å². The molecule has 1 atom stereocenters. The minimum atomic E-state index is -2.91. The lowest BCUT2D eigenvalue weighted by Gasteiger charge is -2.30. The van der Waals surface area contributed by atoms with Crippen molar-refractivity contribution in [2.45, 2.75) is 52.0 Å². The SMILES string of the molecule is CN=C(NCCCCN1CCC(C)CC1)NC(C)CCS(C)(=O)=O. The van der Waals surface area contributed by atoms with Crippen LogP contribution in [0.25, 0.3) is 0 Å². The van der Waals surface area contributed by atoms with Crippen LogP contribution in [0.2, 0.25) is 0 Å². The second-order valence-corrected chi connectivity index (χ2v) is 9.45. The average Bonchev–Trinajstić information content (AvgIpc) is 2.52. The number of guanidine groups is 1. The zero-order valence-corrected chi connectivity index (χ0v) is 16.7. The Hall–Kier alpha value is -0.820. The summed E-state index contributed by atoms with van der Waals surface area (Å²) in [6, 6.07) is 0.0845. The predicted molar refractivity (Wildman–Crippen MR) is 102 cm³/mol. The molecule has 142 valence electrons. The van der Waals surface area contributed by atoms with Crippen molar-refractivity contribution in [1.82, 2.24) is 15.5 Å². The van der Waals surface area contributed by atoms with Gasteiger partial charge < -0.3 is 15.5 Å². The first-order valence-electron chi connectivity index (χ1n) is 9.17. The van der Waals surface area contributed by atoms with Crippen LogP contribution >= 0.6 is 0 Å². The molecule has 0 amide bonds. The highest BCUT2D eigenvalue weighted by molar-refractivity contribution is 7.90. The van der Waals surface area contributed by atoms with Crippen molar-refractivity contribution in [1.29, 1.82) is 0 Å². The van der Waals surface area contributed by atoms with Gasteiger partial charge in [0.15, 0.2) is 5.96 Å². The van der Waals surface area contributed by atoms with Crippen molar-refractivity contribution >= 4 is 15.8 Å². The van der Waals surface area contributed by atoms with Gasteiger partial charge in [-0.3, -0.25) is 4.99 Å². The van der Waals surface area contributed by atoms with E-state index < -0.39 is 9.84 Å². The maximum Gasteiger partial charge on any atom is 0.191 e. The number of aliphatic imine (C=N–C) groups is 1. The zero-order valence-electron chi connectivity index (χ0n) is 15.8. The summed E-state index contributed by atoms with van der Waals surface area (Å²) >= 11 is 0. The van der Waals surface area contributed by atoms with Crippen LogP contribution in [0.1, 0.15) is 46.0 Å². The molecule has 0 aromatic rings. The molecule has 0 aromatic heterocycles. The predicted octanol–water partition coefficient (Wildman–Crippen LogP) is 1.49. The van der Waals surface area contributed by atoms with Gasteiger partial charge in [0, 0.05) is 25.9 Å². The number of piperidine rings is 1. The number of nitrogens with zero attached hydrogens (tertiary/aromatic N) is 2. The Morgan fingerprint density at radius 1 is 1.29 bits per heavy atom. The van der Waals surface area contributed by atoms with E-state index in [-0.39, 0.29) is 11.8 Å². The van der Waals surface area contributed by atoms with Crippen LogP contribution in [0.3, 0.4) is 0 Å². The molecule has 0 aromatic carbocycles. The van der Waals surface area contributed by atoms with Gasteiger partial charge in [-0.05, 0) is 64.6 Å². The molecule has 1 rings (SSSR count). The van der Waals surface area contributed by atoms with Crippen molar-refractivity contribution in [3.05, 3.63) is 0 Å². The lowest BCUT2D eigenvalue weighted by molar-refractivity contribution is 0.189. The zero-order chi connectivity index (χ0) is 18.0. The molecule has 0 aliphatic carbocycles. The second-order valence-electron chi connectivity index (χ2n) is 7.19. The Morgan fingerprint density at radius 3 is 2.54 bits per heavy atom.